The molecule has 4 rings (SSSR count). The molecule has 1 aliphatic carbocycles. The lowest BCUT2D eigenvalue weighted by Gasteiger charge is -2.44. The third kappa shape index (κ3) is 3.78. The van der Waals surface area contributed by atoms with Crippen LogP contribution in [0.3, 0.4) is 0 Å². The smallest absolute Gasteiger partial charge is 0.358 e. The first kappa shape index (κ1) is 22.0. The standard InChI is InChI=1S/C24H30N4O4/c1-15-10-11-18(12-16(15)2)28-21(29)20-13-19(22(30)32-4)26-27(20)14-24(28,3)23(31)25-17-8-6-5-7-9-17/h10-13,17H,5-9,14H2,1-4H3,(H,25,31)/t24-/m1/s1. The summed E-state index contributed by atoms with van der Waals surface area (Å²) >= 11 is 0. The van der Waals surface area contributed by atoms with Gasteiger partial charge >= 0.3 is 5.97 Å². The van der Waals surface area contributed by atoms with E-state index < -0.39 is 11.5 Å². The van der Waals surface area contributed by atoms with Gasteiger partial charge in [-0.05, 0) is 56.9 Å². The Morgan fingerprint density at radius 2 is 1.84 bits per heavy atom. The lowest BCUT2D eigenvalue weighted by atomic mass is 9.91. The highest BCUT2D eigenvalue weighted by Crippen LogP contribution is 2.34. The van der Waals surface area contributed by atoms with Crippen LogP contribution in [-0.2, 0) is 16.1 Å². The summed E-state index contributed by atoms with van der Waals surface area (Å²) in [4.78, 5) is 40.9. The lowest BCUT2D eigenvalue weighted by molar-refractivity contribution is -0.127. The fourth-order valence-electron chi connectivity index (χ4n) is 4.64. The van der Waals surface area contributed by atoms with E-state index in [4.69, 9.17) is 4.74 Å². The quantitative estimate of drug-likeness (QED) is 0.740. The molecule has 1 fully saturated rings. The van der Waals surface area contributed by atoms with Crippen LogP contribution in [0, 0.1) is 13.8 Å². The van der Waals surface area contributed by atoms with Gasteiger partial charge in [0.1, 0.15) is 11.2 Å². The summed E-state index contributed by atoms with van der Waals surface area (Å²) in [6.07, 6.45) is 5.25. The molecule has 1 aliphatic heterocycles. The van der Waals surface area contributed by atoms with Gasteiger partial charge in [0, 0.05) is 17.8 Å². The van der Waals surface area contributed by atoms with Crippen molar-refractivity contribution in [2.45, 2.75) is 71.0 Å². The Balaban J connectivity index is 1.77. The van der Waals surface area contributed by atoms with E-state index in [9.17, 15) is 14.4 Å². The molecular weight excluding hydrogens is 408 g/mol. The first-order valence-electron chi connectivity index (χ1n) is 11.1. The molecule has 0 saturated heterocycles. The summed E-state index contributed by atoms with van der Waals surface area (Å²) < 4.78 is 6.22. The number of carbonyl (C=O) groups is 3. The highest BCUT2D eigenvalue weighted by atomic mass is 16.5. The van der Waals surface area contributed by atoms with Crippen molar-refractivity contribution in [1.82, 2.24) is 15.1 Å². The Morgan fingerprint density at radius 3 is 2.50 bits per heavy atom. The van der Waals surface area contributed by atoms with Crippen LogP contribution in [0.15, 0.2) is 24.3 Å². The van der Waals surface area contributed by atoms with Gasteiger partial charge in [0.15, 0.2) is 5.69 Å². The average Bonchev–Trinajstić information content (AvgIpc) is 3.20. The maximum absolute atomic E-state index is 13.7. The van der Waals surface area contributed by atoms with Gasteiger partial charge in [0.25, 0.3) is 5.91 Å². The third-order valence-electron chi connectivity index (χ3n) is 6.73. The number of benzene rings is 1. The van der Waals surface area contributed by atoms with Crippen LogP contribution < -0.4 is 10.2 Å². The van der Waals surface area contributed by atoms with Crippen molar-refractivity contribution in [2.24, 2.45) is 0 Å². The molecule has 0 unspecified atom stereocenters. The molecule has 2 heterocycles. The summed E-state index contributed by atoms with van der Waals surface area (Å²) in [5.41, 5.74) is 1.87. The van der Waals surface area contributed by atoms with E-state index in [0.29, 0.717) is 5.69 Å². The zero-order valence-electron chi connectivity index (χ0n) is 19.1. The van der Waals surface area contributed by atoms with E-state index in [-0.39, 0.29) is 35.8 Å². The Kier molecular flexibility index (Phi) is 5.79. The SMILES string of the molecule is COC(=O)c1cc2n(n1)C[C@](C)(C(=O)NC1CCCCC1)N(c1ccc(C)c(C)c1)C2=O. The van der Waals surface area contributed by atoms with Crippen LogP contribution in [0.4, 0.5) is 5.69 Å². The topological polar surface area (TPSA) is 93.5 Å². The van der Waals surface area contributed by atoms with E-state index in [0.717, 1.165) is 36.8 Å². The molecule has 2 aromatic rings. The number of rotatable bonds is 4. The average molecular weight is 439 g/mol. The van der Waals surface area contributed by atoms with E-state index in [1.54, 1.807) is 11.8 Å². The molecule has 8 nitrogen and oxygen atoms in total. The molecule has 32 heavy (non-hydrogen) atoms. The maximum atomic E-state index is 13.7. The van der Waals surface area contributed by atoms with Crippen molar-refractivity contribution in [3.05, 3.63) is 46.8 Å². The molecule has 2 aliphatic rings. The van der Waals surface area contributed by atoms with Crippen LogP contribution in [0.5, 0.6) is 0 Å². The minimum absolute atomic E-state index is 0.0489. The molecule has 1 saturated carbocycles. The second kappa shape index (κ2) is 8.41. The Hall–Kier alpha value is -3.16. The predicted octanol–water partition coefficient (Wildman–Crippen LogP) is 3.15. The number of aryl methyl sites for hydroxylation is 2. The second-order valence-corrected chi connectivity index (χ2v) is 9.06. The normalized spacial score (nSPS) is 21.2. The number of esters is 1. The van der Waals surface area contributed by atoms with Crippen molar-refractivity contribution >= 4 is 23.5 Å². The van der Waals surface area contributed by atoms with Gasteiger partial charge in [-0.3, -0.25) is 19.2 Å². The number of carbonyl (C=O) groups excluding carboxylic acids is 3. The van der Waals surface area contributed by atoms with E-state index in [2.05, 4.69) is 10.4 Å². The van der Waals surface area contributed by atoms with E-state index in [1.807, 2.05) is 32.0 Å². The van der Waals surface area contributed by atoms with Crippen LogP contribution in [0.1, 0.15) is 71.1 Å². The van der Waals surface area contributed by atoms with Gasteiger partial charge in [0.05, 0.1) is 13.7 Å². The molecule has 0 radical (unpaired) electrons. The highest BCUT2D eigenvalue weighted by Gasteiger charge is 2.49. The largest absolute Gasteiger partial charge is 0.464 e. The summed E-state index contributed by atoms with van der Waals surface area (Å²) in [5.74, 6) is -1.20. The molecule has 1 aromatic heterocycles. The number of methoxy groups -OCH3 is 1. The van der Waals surface area contributed by atoms with Crippen molar-refractivity contribution in [3.8, 4) is 0 Å². The molecule has 0 spiro atoms. The minimum atomic E-state index is -1.21. The summed E-state index contributed by atoms with van der Waals surface area (Å²) in [7, 11) is 1.27. The maximum Gasteiger partial charge on any atom is 0.358 e. The number of fused-ring (bicyclic) bond motifs is 1. The van der Waals surface area contributed by atoms with Gasteiger partial charge in [-0.2, -0.15) is 5.10 Å². The number of aromatic nitrogens is 2. The Morgan fingerprint density at radius 1 is 1.12 bits per heavy atom. The summed E-state index contributed by atoms with van der Waals surface area (Å²) in [6, 6.07) is 7.27. The first-order chi connectivity index (χ1) is 15.2. The third-order valence-corrected chi connectivity index (χ3v) is 6.73. The zero-order valence-corrected chi connectivity index (χ0v) is 19.1. The van der Waals surface area contributed by atoms with Gasteiger partial charge < -0.3 is 10.1 Å². The molecular formula is C24H30N4O4. The molecule has 8 heteroatoms. The van der Waals surface area contributed by atoms with Gasteiger partial charge in [0.2, 0.25) is 5.91 Å². The number of anilines is 1. The minimum Gasteiger partial charge on any atom is -0.464 e. The first-order valence-corrected chi connectivity index (χ1v) is 11.1. The Labute approximate surface area is 187 Å². The van der Waals surface area contributed by atoms with Crippen LogP contribution >= 0.6 is 0 Å². The van der Waals surface area contributed by atoms with Gasteiger partial charge in [-0.25, -0.2) is 4.79 Å². The number of hydrogen-bond acceptors (Lipinski definition) is 5. The van der Waals surface area contributed by atoms with Crippen molar-refractivity contribution in [1.29, 1.82) is 0 Å². The summed E-state index contributed by atoms with van der Waals surface area (Å²) in [5, 5.41) is 7.45. The predicted molar refractivity (Wildman–Crippen MR) is 120 cm³/mol. The second-order valence-electron chi connectivity index (χ2n) is 9.06. The van der Waals surface area contributed by atoms with Crippen molar-refractivity contribution < 1.29 is 19.1 Å². The fourth-order valence-corrected chi connectivity index (χ4v) is 4.64. The molecule has 1 atom stereocenters. The Bertz CT molecular complexity index is 1070. The molecule has 1 N–H and O–H groups in total. The van der Waals surface area contributed by atoms with Crippen molar-refractivity contribution in [2.75, 3.05) is 12.0 Å². The number of nitrogens with zero attached hydrogens (tertiary/aromatic N) is 3. The summed E-state index contributed by atoms with van der Waals surface area (Å²) in [6.45, 7) is 5.88. The number of ether oxygens (including phenoxy) is 1. The monoisotopic (exact) mass is 438 g/mol. The van der Waals surface area contributed by atoms with Gasteiger partial charge in [-0.15, -0.1) is 0 Å². The molecule has 1 aromatic carbocycles. The lowest BCUT2D eigenvalue weighted by Crippen LogP contribution is -2.65. The van der Waals surface area contributed by atoms with Crippen LogP contribution in [-0.4, -0.2) is 46.3 Å². The van der Waals surface area contributed by atoms with Crippen LogP contribution in [0.2, 0.25) is 0 Å². The van der Waals surface area contributed by atoms with Crippen LogP contribution in [0.25, 0.3) is 0 Å². The number of hydrogen-bond donors (Lipinski definition) is 1. The highest BCUT2D eigenvalue weighted by molar-refractivity contribution is 6.12. The molecule has 0 bridgehead atoms. The van der Waals surface area contributed by atoms with Gasteiger partial charge in [-0.1, -0.05) is 25.3 Å². The molecule has 2 amide bonds. The fraction of sp³-hybridized carbons (Fsp3) is 0.500. The number of nitrogens with one attached hydrogen (secondary N) is 1. The van der Waals surface area contributed by atoms with E-state index in [1.165, 1.54) is 24.3 Å². The van der Waals surface area contributed by atoms with Crippen molar-refractivity contribution in [3.63, 3.8) is 0 Å². The number of amides is 2. The zero-order chi connectivity index (χ0) is 23.0. The van der Waals surface area contributed by atoms with E-state index >= 15 is 0 Å². The molecule has 170 valence electrons.